The minimum atomic E-state index is -2.32. The van der Waals surface area contributed by atoms with Gasteiger partial charge in [0.05, 0.1) is 0 Å². The van der Waals surface area contributed by atoms with Gasteiger partial charge in [-0.05, 0) is 45.7 Å². The van der Waals surface area contributed by atoms with Crippen molar-refractivity contribution in [3.8, 4) is 0 Å². The second kappa shape index (κ2) is 8.78. The molecule has 0 fully saturated rings. The van der Waals surface area contributed by atoms with Crippen molar-refractivity contribution in [1.82, 2.24) is 0 Å². The van der Waals surface area contributed by atoms with Gasteiger partial charge in [0.2, 0.25) is 0 Å². The van der Waals surface area contributed by atoms with Crippen molar-refractivity contribution < 1.29 is 12.3 Å². The van der Waals surface area contributed by atoms with E-state index >= 15 is 0 Å². The Morgan fingerprint density at radius 3 is 1.35 bits per heavy atom. The molecule has 0 N–H and O–H groups in total. The Balaban J connectivity index is 4.76. The van der Waals surface area contributed by atoms with Gasteiger partial charge in [0.15, 0.2) is 27.1 Å². The maximum Gasteiger partial charge on any atom is 0.468 e. The first kappa shape index (κ1) is 17.7. The van der Waals surface area contributed by atoms with Crippen molar-refractivity contribution in [2.45, 2.75) is 65.1 Å². The highest BCUT2D eigenvalue weighted by molar-refractivity contribution is 6.79. The second-order valence-corrected chi connectivity index (χ2v) is 16.3. The average molecular weight is 311 g/mol. The Labute approximate surface area is 113 Å². The lowest BCUT2D eigenvalue weighted by molar-refractivity contribution is 0.266. The molecule has 0 amide bonds. The van der Waals surface area contributed by atoms with Gasteiger partial charge in [-0.15, -0.1) is 0 Å². The third kappa shape index (κ3) is 8.46. The summed E-state index contributed by atoms with van der Waals surface area (Å²) in [6, 6.07) is 1.02. The average Bonchev–Trinajstić information content (AvgIpc) is 2.11. The topological polar surface area (TPSA) is 27.7 Å². The van der Waals surface area contributed by atoms with Crippen molar-refractivity contribution in [3.63, 3.8) is 0 Å². The third-order valence-corrected chi connectivity index (χ3v) is 13.0. The summed E-state index contributed by atoms with van der Waals surface area (Å²) >= 11 is 0. The van der Waals surface area contributed by atoms with E-state index in [-0.39, 0.29) is 0 Å². The monoisotopic (exact) mass is 310 g/mol. The zero-order valence-electron chi connectivity index (χ0n) is 12.6. The summed E-state index contributed by atoms with van der Waals surface area (Å²) in [6.07, 6.45) is 2.35. The van der Waals surface area contributed by atoms with Crippen molar-refractivity contribution >= 4 is 35.9 Å². The van der Waals surface area contributed by atoms with Crippen LogP contribution in [0.4, 0.5) is 0 Å². The van der Waals surface area contributed by atoms with Gasteiger partial charge in [-0.25, -0.2) is 0 Å². The SMILES string of the molecule is CCCC[Si](O[SiH](C)C)(O[SiH](C)C)O[SiH](C)C. The molecule has 0 aliphatic carbocycles. The number of unbranched alkanes of at least 4 members (excludes halogenated alkanes) is 1. The van der Waals surface area contributed by atoms with Crippen LogP contribution in [0.25, 0.3) is 0 Å². The van der Waals surface area contributed by atoms with Gasteiger partial charge in [-0.1, -0.05) is 13.3 Å². The van der Waals surface area contributed by atoms with E-state index in [4.69, 9.17) is 12.3 Å². The molecule has 0 spiro atoms. The van der Waals surface area contributed by atoms with Crippen LogP contribution in [0.2, 0.25) is 45.3 Å². The van der Waals surface area contributed by atoms with E-state index in [1.165, 1.54) is 6.42 Å². The first-order valence-corrected chi connectivity index (χ1v) is 17.1. The lowest BCUT2D eigenvalue weighted by Crippen LogP contribution is -2.53. The number of hydrogen-bond donors (Lipinski definition) is 0. The maximum atomic E-state index is 6.26. The van der Waals surface area contributed by atoms with Gasteiger partial charge in [-0.3, -0.25) is 0 Å². The lowest BCUT2D eigenvalue weighted by atomic mass is 10.4. The Morgan fingerprint density at radius 2 is 1.12 bits per heavy atom. The molecule has 0 aliphatic rings. The van der Waals surface area contributed by atoms with E-state index in [9.17, 15) is 0 Å². The van der Waals surface area contributed by atoms with Crippen molar-refractivity contribution in [2.24, 2.45) is 0 Å². The molecule has 0 atom stereocenters. The van der Waals surface area contributed by atoms with Crippen LogP contribution in [0, 0.1) is 0 Å². The van der Waals surface area contributed by atoms with Crippen LogP contribution >= 0.6 is 0 Å². The number of rotatable bonds is 9. The van der Waals surface area contributed by atoms with Crippen LogP contribution in [0.15, 0.2) is 0 Å². The van der Waals surface area contributed by atoms with Gasteiger partial charge in [0.25, 0.3) is 0 Å². The van der Waals surface area contributed by atoms with Crippen molar-refractivity contribution in [2.75, 3.05) is 0 Å². The predicted octanol–water partition coefficient (Wildman–Crippen LogP) is 2.73. The zero-order chi connectivity index (χ0) is 13.5. The molecule has 0 rings (SSSR count). The molecule has 0 aromatic heterocycles. The molecule has 17 heavy (non-hydrogen) atoms. The quantitative estimate of drug-likeness (QED) is 0.613. The fraction of sp³-hybridized carbons (Fsp3) is 1.00. The first-order valence-electron chi connectivity index (χ1n) is 6.84. The first-order chi connectivity index (χ1) is 7.81. The smallest absolute Gasteiger partial charge is 0.420 e. The summed E-state index contributed by atoms with van der Waals surface area (Å²) < 4.78 is 18.8. The minimum absolute atomic E-state index is 1.02. The molecule has 0 aliphatic heterocycles. The van der Waals surface area contributed by atoms with Crippen molar-refractivity contribution in [3.05, 3.63) is 0 Å². The van der Waals surface area contributed by atoms with E-state index in [1.54, 1.807) is 0 Å². The molecule has 0 bridgehead atoms. The van der Waals surface area contributed by atoms with E-state index < -0.39 is 35.9 Å². The highest BCUT2D eigenvalue weighted by Crippen LogP contribution is 2.22. The van der Waals surface area contributed by atoms with Gasteiger partial charge >= 0.3 is 8.80 Å². The highest BCUT2D eigenvalue weighted by atomic mass is 28.5. The Morgan fingerprint density at radius 1 is 0.765 bits per heavy atom. The van der Waals surface area contributed by atoms with Crippen LogP contribution in [-0.2, 0) is 12.3 Å². The highest BCUT2D eigenvalue weighted by Gasteiger charge is 2.42. The standard InChI is InChI=1S/C10H30O3Si4/c1-8-9-10-17(11-14(2)3,12-15(4)5)13-16(6)7/h14-16H,8-10H2,1-7H3. The molecule has 0 saturated heterocycles. The van der Waals surface area contributed by atoms with Gasteiger partial charge in [-0.2, -0.15) is 0 Å². The van der Waals surface area contributed by atoms with Crippen LogP contribution in [-0.4, -0.2) is 35.9 Å². The lowest BCUT2D eigenvalue weighted by Gasteiger charge is -2.35. The van der Waals surface area contributed by atoms with Crippen molar-refractivity contribution in [1.29, 1.82) is 0 Å². The summed E-state index contributed by atoms with van der Waals surface area (Å²) in [5, 5.41) is 0. The summed E-state index contributed by atoms with van der Waals surface area (Å²) in [4.78, 5) is 0. The summed E-state index contributed by atoms with van der Waals surface area (Å²) in [7, 11) is -5.62. The summed E-state index contributed by atoms with van der Waals surface area (Å²) in [5.41, 5.74) is 0. The molecule has 7 heteroatoms. The molecule has 3 nitrogen and oxygen atoms in total. The molecule has 0 saturated carbocycles. The molecule has 0 aromatic carbocycles. The summed E-state index contributed by atoms with van der Waals surface area (Å²) in [6.45, 7) is 15.5. The number of hydrogen-bond acceptors (Lipinski definition) is 3. The molecule has 0 unspecified atom stereocenters. The second-order valence-electron chi connectivity index (χ2n) is 5.29. The molecular weight excluding hydrogens is 280 g/mol. The Hall–Kier alpha value is 0.748. The molecule has 0 heterocycles. The molecule has 104 valence electrons. The fourth-order valence-corrected chi connectivity index (χ4v) is 14.7. The van der Waals surface area contributed by atoms with E-state index in [0.717, 1.165) is 12.5 Å². The predicted molar refractivity (Wildman–Crippen MR) is 85.4 cm³/mol. The van der Waals surface area contributed by atoms with Crippen LogP contribution in [0.1, 0.15) is 19.8 Å². The van der Waals surface area contributed by atoms with Gasteiger partial charge < -0.3 is 12.3 Å². The molecule has 0 aromatic rings. The fourth-order valence-electron chi connectivity index (χ4n) is 1.73. The Bertz CT molecular complexity index is 173. The van der Waals surface area contributed by atoms with Crippen LogP contribution in [0.5, 0.6) is 0 Å². The van der Waals surface area contributed by atoms with Crippen LogP contribution in [0.3, 0.4) is 0 Å². The summed E-state index contributed by atoms with van der Waals surface area (Å²) in [5.74, 6) is 0. The normalized spacial score (nSPS) is 13.1. The van der Waals surface area contributed by atoms with E-state index in [1.807, 2.05) is 0 Å². The van der Waals surface area contributed by atoms with Gasteiger partial charge in [0, 0.05) is 6.04 Å². The zero-order valence-corrected chi connectivity index (χ0v) is 17.0. The Kier molecular flexibility index (Phi) is 9.17. The van der Waals surface area contributed by atoms with E-state index in [2.05, 4.69) is 46.2 Å². The third-order valence-electron chi connectivity index (χ3n) is 2.08. The molecular formula is C10H30O3Si4. The van der Waals surface area contributed by atoms with Crippen LogP contribution < -0.4 is 0 Å². The minimum Gasteiger partial charge on any atom is -0.420 e. The molecule has 0 radical (unpaired) electrons. The van der Waals surface area contributed by atoms with Gasteiger partial charge in [0.1, 0.15) is 0 Å². The maximum absolute atomic E-state index is 6.26. The van der Waals surface area contributed by atoms with E-state index in [0.29, 0.717) is 0 Å². The largest absolute Gasteiger partial charge is 0.468 e.